The fraction of sp³-hybridized carbons (Fsp3) is 0.125. The lowest BCUT2D eigenvalue weighted by atomic mass is 10.0. The molecule has 5 nitrogen and oxygen atoms in total. The molecule has 1 amide bonds. The number of aliphatic carboxylic acids is 1. The molecule has 0 heterocycles. The predicted molar refractivity (Wildman–Crippen MR) is 80.1 cm³/mol. The van der Waals surface area contributed by atoms with E-state index in [0.29, 0.717) is 11.3 Å². The number of amides is 1. The Morgan fingerprint density at radius 2 is 1.81 bits per heavy atom. The molecule has 0 saturated heterocycles. The first-order valence-electron chi connectivity index (χ1n) is 6.44. The van der Waals surface area contributed by atoms with Gasteiger partial charge in [0.1, 0.15) is 0 Å². The highest BCUT2D eigenvalue weighted by atomic mass is 16.4. The van der Waals surface area contributed by atoms with E-state index in [9.17, 15) is 14.7 Å². The molecule has 0 aliphatic rings. The fourth-order valence-electron chi connectivity index (χ4n) is 2.08. The van der Waals surface area contributed by atoms with Crippen LogP contribution in [-0.4, -0.2) is 17.0 Å². The van der Waals surface area contributed by atoms with Gasteiger partial charge in [0.05, 0.1) is 5.56 Å². The number of nitrogens with one attached hydrogen (secondary N) is 1. The van der Waals surface area contributed by atoms with Crippen LogP contribution in [0.4, 0.5) is 5.69 Å². The van der Waals surface area contributed by atoms with Gasteiger partial charge in [-0.25, -0.2) is 4.79 Å². The van der Waals surface area contributed by atoms with E-state index < -0.39 is 17.9 Å². The first-order valence-corrected chi connectivity index (χ1v) is 6.44. The molecule has 0 fully saturated rings. The van der Waals surface area contributed by atoms with Crippen molar-refractivity contribution in [2.75, 3.05) is 5.32 Å². The number of carboxylic acids is 1. The molecule has 0 radical (unpaired) electrons. The maximum Gasteiger partial charge on any atom is 0.330 e. The van der Waals surface area contributed by atoms with E-state index in [1.165, 1.54) is 0 Å². The van der Waals surface area contributed by atoms with Crippen molar-refractivity contribution < 1.29 is 14.7 Å². The summed E-state index contributed by atoms with van der Waals surface area (Å²) in [6.07, 6.45) is 0. The molecule has 21 heavy (non-hydrogen) atoms. The van der Waals surface area contributed by atoms with Gasteiger partial charge >= 0.3 is 5.97 Å². The zero-order valence-electron chi connectivity index (χ0n) is 11.5. The molecular formula is C16H16N2O3. The van der Waals surface area contributed by atoms with Crippen LogP contribution in [0.3, 0.4) is 0 Å². The molecule has 0 aromatic heterocycles. The lowest BCUT2D eigenvalue weighted by Gasteiger charge is -2.18. The van der Waals surface area contributed by atoms with Crippen molar-refractivity contribution in [2.45, 2.75) is 13.0 Å². The third kappa shape index (κ3) is 3.39. The molecule has 0 aliphatic heterocycles. The van der Waals surface area contributed by atoms with Gasteiger partial charge in [-0.2, -0.15) is 0 Å². The van der Waals surface area contributed by atoms with Crippen molar-refractivity contribution in [3.63, 3.8) is 0 Å². The van der Waals surface area contributed by atoms with Crippen LogP contribution in [0.15, 0.2) is 48.5 Å². The Bertz CT molecular complexity index is 668. The van der Waals surface area contributed by atoms with Crippen LogP contribution >= 0.6 is 0 Å². The molecule has 1 unspecified atom stereocenters. The molecule has 5 heteroatoms. The molecule has 1 atom stereocenters. The molecule has 108 valence electrons. The minimum atomic E-state index is -1.03. The summed E-state index contributed by atoms with van der Waals surface area (Å²) in [6, 6.07) is 12.9. The van der Waals surface area contributed by atoms with Gasteiger partial charge in [0.25, 0.3) is 5.91 Å². The van der Waals surface area contributed by atoms with Gasteiger partial charge in [-0.05, 0) is 30.2 Å². The Balaban J connectivity index is 2.40. The summed E-state index contributed by atoms with van der Waals surface area (Å²) in [5.74, 6) is -1.63. The number of aryl methyl sites for hydroxylation is 1. The second kappa shape index (κ2) is 6.09. The molecule has 0 saturated carbocycles. The summed E-state index contributed by atoms with van der Waals surface area (Å²) >= 11 is 0. The van der Waals surface area contributed by atoms with E-state index in [1.54, 1.807) is 42.5 Å². The molecule has 2 aromatic carbocycles. The number of benzene rings is 2. The topological polar surface area (TPSA) is 92.4 Å². The van der Waals surface area contributed by atoms with Crippen molar-refractivity contribution in [3.8, 4) is 0 Å². The Morgan fingerprint density at radius 1 is 1.14 bits per heavy atom. The predicted octanol–water partition coefficient (Wildman–Crippen LogP) is 2.33. The molecule has 0 bridgehead atoms. The zero-order valence-corrected chi connectivity index (χ0v) is 11.5. The van der Waals surface area contributed by atoms with Gasteiger partial charge in [0.2, 0.25) is 0 Å². The Kier molecular flexibility index (Phi) is 4.23. The zero-order chi connectivity index (χ0) is 15.4. The normalized spacial score (nSPS) is 11.7. The van der Waals surface area contributed by atoms with E-state index in [-0.39, 0.29) is 5.56 Å². The van der Waals surface area contributed by atoms with E-state index in [0.717, 1.165) is 5.56 Å². The highest BCUT2D eigenvalue weighted by molar-refractivity contribution is 5.99. The average Bonchev–Trinajstić information content (AvgIpc) is 2.45. The summed E-state index contributed by atoms with van der Waals surface area (Å²) in [4.78, 5) is 22.9. The van der Waals surface area contributed by atoms with Crippen molar-refractivity contribution in [1.82, 2.24) is 0 Å². The van der Waals surface area contributed by atoms with Crippen LogP contribution in [-0.2, 0) is 4.79 Å². The molecule has 2 rings (SSSR count). The highest BCUT2D eigenvalue weighted by Gasteiger charge is 2.21. The van der Waals surface area contributed by atoms with Gasteiger partial charge in [-0.3, -0.25) is 4.79 Å². The monoisotopic (exact) mass is 284 g/mol. The summed E-state index contributed by atoms with van der Waals surface area (Å²) in [5.41, 5.74) is 7.51. The first kappa shape index (κ1) is 14.6. The van der Waals surface area contributed by atoms with Gasteiger partial charge in [-0.15, -0.1) is 0 Å². The number of hydrogen-bond donors (Lipinski definition) is 3. The standard InChI is InChI=1S/C16H16N2O3/c1-10-7-8-12(15(17)19)13(9-10)18-14(16(20)21)11-5-3-2-4-6-11/h2-9,14,18H,1H3,(H2,17,19)(H,20,21). The number of hydrogen-bond acceptors (Lipinski definition) is 3. The lowest BCUT2D eigenvalue weighted by Crippen LogP contribution is -2.23. The van der Waals surface area contributed by atoms with Gasteiger partial charge in [-0.1, -0.05) is 36.4 Å². The van der Waals surface area contributed by atoms with Crippen molar-refractivity contribution in [1.29, 1.82) is 0 Å². The van der Waals surface area contributed by atoms with Crippen molar-refractivity contribution >= 4 is 17.6 Å². The summed E-state index contributed by atoms with van der Waals surface area (Å²) in [5, 5.41) is 12.3. The second-order valence-corrected chi connectivity index (χ2v) is 4.74. The fourth-order valence-corrected chi connectivity index (χ4v) is 2.08. The van der Waals surface area contributed by atoms with Crippen molar-refractivity contribution in [2.24, 2.45) is 5.73 Å². The number of primary amides is 1. The van der Waals surface area contributed by atoms with Crippen LogP contribution in [0.2, 0.25) is 0 Å². The summed E-state index contributed by atoms with van der Waals surface area (Å²) in [7, 11) is 0. The third-order valence-corrected chi connectivity index (χ3v) is 3.12. The largest absolute Gasteiger partial charge is 0.479 e. The maximum absolute atomic E-state index is 11.5. The molecule has 2 aromatic rings. The SMILES string of the molecule is Cc1ccc(C(N)=O)c(NC(C(=O)O)c2ccccc2)c1. The number of nitrogens with two attached hydrogens (primary N) is 1. The second-order valence-electron chi connectivity index (χ2n) is 4.74. The number of anilines is 1. The Morgan fingerprint density at radius 3 is 2.38 bits per heavy atom. The van der Waals surface area contributed by atoms with Crippen molar-refractivity contribution in [3.05, 3.63) is 65.2 Å². The van der Waals surface area contributed by atoms with Gasteiger partial charge in [0, 0.05) is 5.69 Å². The Labute approximate surface area is 122 Å². The molecule has 0 spiro atoms. The quantitative estimate of drug-likeness (QED) is 0.785. The summed E-state index contributed by atoms with van der Waals surface area (Å²) < 4.78 is 0. The lowest BCUT2D eigenvalue weighted by molar-refractivity contribution is -0.138. The van der Waals surface area contributed by atoms with E-state index >= 15 is 0 Å². The van der Waals surface area contributed by atoms with Crippen LogP contribution < -0.4 is 11.1 Å². The van der Waals surface area contributed by atoms with E-state index in [2.05, 4.69) is 5.32 Å². The average molecular weight is 284 g/mol. The van der Waals surface area contributed by atoms with Gasteiger partial charge in [0.15, 0.2) is 6.04 Å². The van der Waals surface area contributed by atoms with Gasteiger partial charge < -0.3 is 16.2 Å². The maximum atomic E-state index is 11.5. The Hall–Kier alpha value is -2.82. The number of carbonyl (C=O) groups is 2. The first-order chi connectivity index (χ1) is 9.99. The summed E-state index contributed by atoms with van der Waals surface area (Å²) in [6.45, 7) is 1.86. The number of carboxylic acid groups (broad SMARTS) is 1. The van der Waals surface area contributed by atoms with E-state index in [4.69, 9.17) is 5.73 Å². The van der Waals surface area contributed by atoms with Crippen LogP contribution in [0.25, 0.3) is 0 Å². The van der Waals surface area contributed by atoms with Crippen LogP contribution in [0, 0.1) is 6.92 Å². The van der Waals surface area contributed by atoms with Crippen LogP contribution in [0.1, 0.15) is 27.5 Å². The molecular weight excluding hydrogens is 268 g/mol. The molecule has 4 N–H and O–H groups in total. The van der Waals surface area contributed by atoms with E-state index in [1.807, 2.05) is 13.0 Å². The molecule has 0 aliphatic carbocycles. The smallest absolute Gasteiger partial charge is 0.330 e. The van der Waals surface area contributed by atoms with Crippen LogP contribution in [0.5, 0.6) is 0 Å². The minimum absolute atomic E-state index is 0.266. The number of rotatable bonds is 5. The minimum Gasteiger partial charge on any atom is -0.479 e. The number of carbonyl (C=O) groups excluding carboxylic acids is 1. The highest BCUT2D eigenvalue weighted by Crippen LogP contribution is 2.24. The third-order valence-electron chi connectivity index (χ3n) is 3.12.